The molecule has 20 heavy (non-hydrogen) atoms. The van der Waals surface area contributed by atoms with Crippen molar-refractivity contribution in [3.05, 3.63) is 56.4 Å². The Morgan fingerprint density at radius 1 is 1.20 bits per heavy atom. The van der Waals surface area contributed by atoms with Crippen LogP contribution < -0.4 is 5.32 Å². The Kier molecular flexibility index (Phi) is 6.20. The van der Waals surface area contributed by atoms with E-state index in [2.05, 4.69) is 39.6 Å². The van der Waals surface area contributed by atoms with Crippen LogP contribution >= 0.6 is 27.3 Å². The van der Waals surface area contributed by atoms with Crippen LogP contribution in [0.25, 0.3) is 0 Å². The fourth-order valence-corrected chi connectivity index (χ4v) is 3.88. The average molecular weight is 356 g/mol. The predicted octanol–water partition coefficient (Wildman–Crippen LogP) is 4.66. The zero-order valence-electron chi connectivity index (χ0n) is 11.5. The third kappa shape index (κ3) is 4.69. The van der Waals surface area contributed by atoms with Gasteiger partial charge in [0.05, 0.1) is 0 Å². The Hall–Kier alpha value is -0.710. The molecule has 2 rings (SSSR count). The van der Waals surface area contributed by atoms with Gasteiger partial charge in [0.2, 0.25) is 0 Å². The highest BCUT2D eigenvalue weighted by Crippen LogP contribution is 2.26. The summed E-state index contributed by atoms with van der Waals surface area (Å²) >= 11 is 5.39. The normalized spacial score (nSPS) is 12.6. The molecule has 1 nitrogen and oxygen atoms in total. The lowest BCUT2D eigenvalue weighted by Gasteiger charge is -2.17. The smallest absolute Gasteiger partial charge is 0.123 e. The first-order valence-electron chi connectivity index (χ1n) is 6.86. The van der Waals surface area contributed by atoms with Crippen LogP contribution in [0.5, 0.6) is 0 Å². The molecule has 1 N–H and O–H groups in total. The van der Waals surface area contributed by atoms with Crippen molar-refractivity contribution in [2.45, 2.75) is 19.8 Å². The molecule has 0 aliphatic carbocycles. The lowest BCUT2D eigenvalue weighted by Crippen LogP contribution is -2.25. The second-order valence-corrected chi connectivity index (χ2v) is 6.76. The van der Waals surface area contributed by atoms with E-state index in [-0.39, 0.29) is 5.82 Å². The van der Waals surface area contributed by atoms with Crippen LogP contribution in [-0.4, -0.2) is 13.1 Å². The first kappa shape index (κ1) is 15.7. The van der Waals surface area contributed by atoms with Crippen molar-refractivity contribution in [2.24, 2.45) is 5.92 Å². The molecule has 0 bridgehead atoms. The molecule has 1 aromatic carbocycles. The predicted molar refractivity (Wildman–Crippen MR) is 87.9 cm³/mol. The van der Waals surface area contributed by atoms with Gasteiger partial charge in [-0.1, -0.05) is 19.1 Å². The Bertz CT molecular complexity index is 524. The number of nitrogens with one attached hydrogen (secondary N) is 1. The number of hydrogen-bond donors (Lipinski definition) is 1. The molecule has 1 unspecified atom stereocenters. The SMILES string of the molecule is CCNCC(Cc1ccc(F)cc1)Cc1sccc1Br. The summed E-state index contributed by atoms with van der Waals surface area (Å²) in [5.41, 5.74) is 1.20. The summed E-state index contributed by atoms with van der Waals surface area (Å²) in [6.07, 6.45) is 2.01. The largest absolute Gasteiger partial charge is 0.317 e. The minimum Gasteiger partial charge on any atom is -0.317 e. The Morgan fingerprint density at radius 2 is 1.95 bits per heavy atom. The first-order chi connectivity index (χ1) is 9.69. The van der Waals surface area contributed by atoms with Crippen molar-refractivity contribution in [1.29, 1.82) is 0 Å². The molecule has 4 heteroatoms. The maximum absolute atomic E-state index is 13.0. The maximum atomic E-state index is 13.0. The van der Waals surface area contributed by atoms with Crippen LogP contribution in [0.15, 0.2) is 40.2 Å². The average Bonchev–Trinajstić information content (AvgIpc) is 2.84. The Labute approximate surface area is 132 Å². The van der Waals surface area contributed by atoms with E-state index in [0.29, 0.717) is 5.92 Å². The zero-order valence-corrected chi connectivity index (χ0v) is 13.9. The highest BCUT2D eigenvalue weighted by Gasteiger charge is 2.13. The second-order valence-electron chi connectivity index (χ2n) is 4.90. The van der Waals surface area contributed by atoms with Gasteiger partial charge < -0.3 is 5.32 Å². The lowest BCUT2D eigenvalue weighted by molar-refractivity contribution is 0.480. The molecule has 0 spiro atoms. The van der Waals surface area contributed by atoms with Gasteiger partial charge in [0, 0.05) is 9.35 Å². The number of thiophene rings is 1. The van der Waals surface area contributed by atoms with E-state index in [4.69, 9.17) is 0 Å². The quantitative estimate of drug-likeness (QED) is 0.761. The number of benzene rings is 1. The van der Waals surface area contributed by atoms with Gasteiger partial charge in [0.1, 0.15) is 5.82 Å². The minimum absolute atomic E-state index is 0.169. The second kappa shape index (κ2) is 7.91. The van der Waals surface area contributed by atoms with Gasteiger partial charge in [-0.3, -0.25) is 0 Å². The summed E-state index contributed by atoms with van der Waals surface area (Å²) in [6.45, 7) is 4.08. The molecule has 2 aromatic rings. The molecule has 0 amide bonds. The van der Waals surface area contributed by atoms with E-state index in [9.17, 15) is 4.39 Å². The van der Waals surface area contributed by atoms with E-state index >= 15 is 0 Å². The van der Waals surface area contributed by atoms with Crippen molar-refractivity contribution >= 4 is 27.3 Å². The van der Waals surface area contributed by atoms with Gasteiger partial charge >= 0.3 is 0 Å². The number of halogens is 2. The third-order valence-electron chi connectivity index (χ3n) is 3.29. The molecule has 1 heterocycles. The summed E-state index contributed by atoms with van der Waals surface area (Å²) in [5.74, 6) is 0.355. The lowest BCUT2D eigenvalue weighted by atomic mass is 9.95. The third-order valence-corrected chi connectivity index (χ3v) is 5.23. The van der Waals surface area contributed by atoms with Gasteiger partial charge in [-0.05, 0) is 76.9 Å². The topological polar surface area (TPSA) is 12.0 Å². The molecule has 108 valence electrons. The van der Waals surface area contributed by atoms with E-state index in [1.165, 1.54) is 14.9 Å². The van der Waals surface area contributed by atoms with Crippen molar-refractivity contribution < 1.29 is 4.39 Å². The molecule has 1 atom stereocenters. The summed E-state index contributed by atoms with van der Waals surface area (Å²) in [5, 5.41) is 5.54. The molecule has 0 aliphatic rings. The Morgan fingerprint density at radius 3 is 2.55 bits per heavy atom. The van der Waals surface area contributed by atoms with Crippen molar-refractivity contribution in [1.82, 2.24) is 5.32 Å². The molecule has 0 aliphatic heterocycles. The van der Waals surface area contributed by atoms with E-state index < -0.39 is 0 Å². The minimum atomic E-state index is -0.169. The molecule has 0 saturated carbocycles. The maximum Gasteiger partial charge on any atom is 0.123 e. The van der Waals surface area contributed by atoms with Crippen LogP contribution in [-0.2, 0) is 12.8 Å². The van der Waals surface area contributed by atoms with Gasteiger partial charge in [-0.25, -0.2) is 4.39 Å². The fourth-order valence-electron chi connectivity index (χ4n) is 2.25. The first-order valence-corrected chi connectivity index (χ1v) is 8.53. The molecule has 1 aromatic heterocycles. The van der Waals surface area contributed by atoms with E-state index in [0.717, 1.165) is 25.9 Å². The van der Waals surface area contributed by atoms with Crippen LogP contribution in [0.1, 0.15) is 17.4 Å². The van der Waals surface area contributed by atoms with Crippen molar-refractivity contribution in [2.75, 3.05) is 13.1 Å². The number of hydrogen-bond acceptors (Lipinski definition) is 2. The summed E-state index contributed by atoms with van der Waals surface area (Å²) in [4.78, 5) is 1.38. The highest BCUT2D eigenvalue weighted by atomic mass is 79.9. The van der Waals surface area contributed by atoms with Crippen LogP contribution in [0.2, 0.25) is 0 Å². The van der Waals surface area contributed by atoms with Crippen molar-refractivity contribution in [3.8, 4) is 0 Å². The van der Waals surface area contributed by atoms with Crippen LogP contribution in [0.3, 0.4) is 0 Å². The molecule has 0 fully saturated rings. The summed E-state index contributed by atoms with van der Waals surface area (Å²) in [6, 6.07) is 8.96. The standard InChI is InChI=1S/C16H19BrFNS/c1-2-19-11-13(10-16-15(17)7-8-20-16)9-12-3-5-14(18)6-4-12/h3-8,13,19H,2,9-11H2,1H3. The van der Waals surface area contributed by atoms with Gasteiger partial charge in [-0.15, -0.1) is 11.3 Å². The molecular weight excluding hydrogens is 337 g/mol. The molecule has 0 saturated heterocycles. The molecule has 0 radical (unpaired) electrons. The fraction of sp³-hybridized carbons (Fsp3) is 0.375. The van der Waals surface area contributed by atoms with Crippen molar-refractivity contribution in [3.63, 3.8) is 0 Å². The summed E-state index contributed by atoms with van der Waals surface area (Å²) < 4.78 is 14.2. The van der Waals surface area contributed by atoms with Crippen LogP contribution in [0.4, 0.5) is 4.39 Å². The number of rotatable bonds is 7. The van der Waals surface area contributed by atoms with E-state index in [1.807, 2.05) is 12.1 Å². The Balaban J connectivity index is 2.03. The van der Waals surface area contributed by atoms with Gasteiger partial charge in [0.15, 0.2) is 0 Å². The highest BCUT2D eigenvalue weighted by molar-refractivity contribution is 9.10. The zero-order chi connectivity index (χ0) is 14.4. The van der Waals surface area contributed by atoms with Gasteiger partial charge in [-0.2, -0.15) is 0 Å². The summed E-state index contributed by atoms with van der Waals surface area (Å²) in [7, 11) is 0. The van der Waals surface area contributed by atoms with Gasteiger partial charge in [0.25, 0.3) is 0 Å². The van der Waals surface area contributed by atoms with E-state index in [1.54, 1.807) is 23.5 Å². The monoisotopic (exact) mass is 355 g/mol. The van der Waals surface area contributed by atoms with Crippen LogP contribution in [0, 0.1) is 11.7 Å². The molecular formula is C16H19BrFNS.